The predicted molar refractivity (Wildman–Crippen MR) is 96.4 cm³/mol. The number of methoxy groups -OCH3 is 1. The normalized spacial score (nSPS) is 14.0. The summed E-state index contributed by atoms with van der Waals surface area (Å²) in [5.41, 5.74) is 5.25. The third kappa shape index (κ3) is 13.2. The van der Waals surface area contributed by atoms with Gasteiger partial charge in [0.15, 0.2) is 0 Å². The van der Waals surface area contributed by atoms with Crippen molar-refractivity contribution in [2.24, 2.45) is 0 Å². The van der Waals surface area contributed by atoms with Crippen LogP contribution in [0.1, 0.15) is 55.4 Å². The second-order valence-electron chi connectivity index (χ2n) is 4.77. The molecule has 0 aliphatic carbocycles. The molecular formula is C19H34O2. The highest BCUT2D eigenvalue weighted by Gasteiger charge is 1.90. The van der Waals surface area contributed by atoms with Crippen LogP contribution in [0.2, 0.25) is 0 Å². The topological polar surface area (TPSA) is 40.7 Å². The average molecular weight is 294 g/mol. The van der Waals surface area contributed by atoms with Crippen molar-refractivity contribution in [3.63, 3.8) is 0 Å². The molecule has 0 spiro atoms. The van der Waals surface area contributed by atoms with E-state index in [9.17, 15) is 0 Å². The molecule has 0 aliphatic heterocycles. The fourth-order valence-electron chi connectivity index (χ4n) is 1.31. The van der Waals surface area contributed by atoms with Gasteiger partial charge in [0.2, 0.25) is 0 Å². The maximum Gasteiger partial charge on any atom is 0.0927 e. The molecule has 2 N–H and O–H groups in total. The second kappa shape index (κ2) is 14.9. The van der Waals surface area contributed by atoms with Crippen molar-refractivity contribution >= 4 is 0 Å². The fourth-order valence-corrected chi connectivity index (χ4v) is 1.31. The van der Waals surface area contributed by atoms with Gasteiger partial charge in [0.05, 0.1) is 12.9 Å². The van der Waals surface area contributed by atoms with Gasteiger partial charge in [0.1, 0.15) is 0 Å². The largest absolute Gasteiger partial charge is 0.501 e. The van der Waals surface area contributed by atoms with Crippen LogP contribution in [0.15, 0.2) is 58.4 Å². The molecular weight excluding hydrogens is 260 g/mol. The zero-order valence-corrected chi connectivity index (χ0v) is 15.3. The summed E-state index contributed by atoms with van der Waals surface area (Å²) in [6.45, 7) is 16.5. The highest BCUT2D eigenvalue weighted by molar-refractivity contribution is 5.30. The Bertz CT molecular complexity index is 403. The Morgan fingerprint density at radius 1 is 0.762 bits per heavy atom. The van der Waals surface area contributed by atoms with Crippen molar-refractivity contribution in [3.05, 3.63) is 58.4 Å². The number of hydrogen-bond acceptors (Lipinski definition) is 1. The van der Waals surface area contributed by atoms with Gasteiger partial charge in [-0.15, -0.1) is 0 Å². The van der Waals surface area contributed by atoms with Crippen molar-refractivity contribution in [3.8, 4) is 0 Å². The maximum absolute atomic E-state index is 5.05. The molecule has 0 aliphatic rings. The molecule has 0 amide bonds. The molecule has 0 saturated carbocycles. The Morgan fingerprint density at radius 2 is 1.19 bits per heavy atom. The minimum atomic E-state index is 0. The van der Waals surface area contributed by atoms with Gasteiger partial charge in [0.25, 0.3) is 0 Å². The van der Waals surface area contributed by atoms with Crippen molar-refractivity contribution in [1.29, 1.82) is 0 Å². The van der Waals surface area contributed by atoms with Gasteiger partial charge in [0, 0.05) is 0 Å². The second-order valence-corrected chi connectivity index (χ2v) is 4.77. The minimum absolute atomic E-state index is 0. The lowest BCUT2D eigenvalue weighted by molar-refractivity contribution is 0.293. The van der Waals surface area contributed by atoms with Crippen molar-refractivity contribution < 1.29 is 10.2 Å². The number of ether oxygens (including phenoxy) is 1. The van der Waals surface area contributed by atoms with E-state index in [1.54, 1.807) is 7.11 Å². The van der Waals surface area contributed by atoms with Crippen LogP contribution in [0.5, 0.6) is 0 Å². The van der Waals surface area contributed by atoms with Gasteiger partial charge >= 0.3 is 0 Å². The first kappa shape index (κ1) is 24.5. The third-order valence-corrected chi connectivity index (χ3v) is 3.27. The lowest BCUT2D eigenvalue weighted by Crippen LogP contribution is -1.82. The average Bonchev–Trinajstić information content (AvgIpc) is 2.46. The quantitative estimate of drug-likeness (QED) is 0.495. The van der Waals surface area contributed by atoms with Crippen LogP contribution < -0.4 is 0 Å². The molecule has 0 atom stereocenters. The molecule has 2 heteroatoms. The van der Waals surface area contributed by atoms with E-state index in [0.29, 0.717) is 0 Å². The molecule has 0 aromatic heterocycles. The maximum atomic E-state index is 5.05. The van der Waals surface area contributed by atoms with E-state index in [-0.39, 0.29) is 5.48 Å². The molecule has 0 fully saturated rings. The predicted octanol–water partition coefficient (Wildman–Crippen LogP) is 5.54. The summed E-state index contributed by atoms with van der Waals surface area (Å²) in [4.78, 5) is 0. The Morgan fingerprint density at radius 3 is 1.48 bits per heavy atom. The van der Waals surface area contributed by atoms with E-state index in [1.807, 2.05) is 26.0 Å². The summed E-state index contributed by atoms with van der Waals surface area (Å²) in [7, 11) is 1.68. The van der Waals surface area contributed by atoms with Crippen LogP contribution in [0.25, 0.3) is 0 Å². The Balaban J connectivity index is -0.000000317. The van der Waals surface area contributed by atoms with Gasteiger partial charge in [-0.1, -0.05) is 35.5 Å². The van der Waals surface area contributed by atoms with Gasteiger partial charge in [-0.25, -0.2) is 0 Å². The molecule has 2 nitrogen and oxygen atoms in total. The Hall–Kier alpha value is -1.54. The van der Waals surface area contributed by atoms with Crippen LogP contribution >= 0.6 is 0 Å². The molecule has 122 valence electrons. The summed E-state index contributed by atoms with van der Waals surface area (Å²) in [6, 6.07) is 0. The molecule has 0 bridgehead atoms. The van der Waals surface area contributed by atoms with Gasteiger partial charge in [-0.2, -0.15) is 0 Å². The van der Waals surface area contributed by atoms with Crippen molar-refractivity contribution in [2.45, 2.75) is 55.4 Å². The van der Waals surface area contributed by atoms with Crippen LogP contribution in [-0.4, -0.2) is 12.6 Å². The highest BCUT2D eigenvalue weighted by atomic mass is 16.5. The number of hydrogen-bond donors (Lipinski definition) is 0. The zero-order valence-electron chi connectivity index (χ0n) is 15.3. The summed E-state index contributed by atoms with van der Waals surface area (Å²) in [6.07, 6.45) is 10.4. The fraction of sp³-hybridized carbons (Fsp3) is 0.474. The van der Waals surface area contributed by atoms with Crippen LogP contribution in [0.4, 0.5) is 0 Å². The minimum Gasteiger partial charge on any atom is -0.501 e. The van der Waals surface area contributed by atoms with E-state index in [2.05, 4.69) is 59.8 Å². The summed E-state index contributed by atoms with van der Waals surface area (Å²) in [5.74, 6) is 0.941. The van der Waals surface area contributed by atoms with Crippen molar-refractivity contribution in [2.75, 3.05) is 7.11 Å². The first-order valence-corrected chi connectivity index (χ1v) is 7.12. The summed E-state index contributed by atoms with van der Waals surface area (Å²) < 4.78 is 5.05. The SMILES string of the molecule is C/C=C(C)\C(C)=C/C.C\C=C/C(C)=C(C)\C=C(/C)OC.O. The molecule has 0 aromatic carbocycles. The first-order valence-electron chi connectivity index (χ1n) is 7.12. The molecule has 0 unspecified atom stereocenters. The monoisotopic (exact) mass is 294 g/mol. The molecule has 0 aromatic rings. The Labute approximate surface area is 131 Å². The lowest BCUT2D eigenvalue weighted by atomic mass is 10.1. The van der Waals surface area contributed by atoms with E-state index in [4.69, 9.17) is 4.74 Å². The van der Waals surface area contributed by atoms with Gasteiger partial charge < -0.3 is 10.2 Å². The zero-order chi connectivity index (χ0) is 16.1. The van der Waals surface area contributed by atoms with Gasteiger partial charge in [-0.3, -0.25) is 0 Å². The summed E-state index contributed by atoms with van der Waals surface area (Å²) in [5, 5.41) is 0. The van der Waals surface area contributed by atoms with Gasteiger partial charge in [-0.05, 0) is 72.6 Å². The molecule has 0 rings (SSSR count). The number of allylic oxidation sites excluding steroid dienone is 10. The summed E-state index contributed by atoms with van der Waals surface area (Å²) >= 11 is 0. The number of rotatable bonds is 4. The molecule has 21 heavy (non-hydrogen) atoms. The van der Waals surface area contributed by atoms with Crippen molar-refractivity contribution in [1.82, 2.24) is 0 Å². The van der Waals surface area contributed by atoms with E-state index < -0.39 is 0 Å². The highest BCUT2D eigenvalue weighted by Crippen LogP contribution is 2.09. The standard InChI is InChI=1S/C11H18O.C8H14.H2O/c1-6-7-9(2)10(3)8-11(4)12-5;1-5-7(3)8(4)6-2;/h6-8H,1-5H3;5-6H,1-4H3;1H2/b7-6-,10-9-,11-8+;7-5-,8-6-;. The smallest absolute Gasteiger partial charge is 0.0927 e. The Kier molecular flexibility index (Phi) is 17.3. The lowest BCUT2D eigenvalue weighted by Gasteiger charge is -2.01. The van der Waals surface area contributed by atoms with E-state index in [0.717, 1.165) is 5.76 Å². The van der Waals surface area contributed by atoms with Crippen LogP contribution in [0, 0.1) is 0 Å². The van der Waals surface area contributed by atoms with Crippen LogP contribution in [-0.2, 0) is 4.74 Å². The van der Waals surface area contributed by atoms with E-state index >= 15 is 0 Å². The molecule has 0 radical (unpaired) electrons. The molecule has 0 saturated heterocycles. The van der Waals surface area contributed by atoms with E-state index in [1.165, 1.54) is 22.3 Å². The third-order valence-electron chi connectivity index (χ3n) is 3.27. The first-order chi connectivity index (χ1) is 9.33. The van der Waals surface area contributed by atoms with Crippen LogP contribution in [0.3, 0.4) is 0 Å². The molecule has 0 heterocycles.